The van der Waals surface area contributed by atoms with E-state index in [0.29, 0.717) is 18.0 Å². The van der Waals surface area contributed by atoms with E-state index in [9.17, 15) is 9.90 Å². The topological polar surface area (TPSA) is 76.4 Å². The maximum atomic E-state index is 12.8. The Labute approximate surface area is 209 Å². The van der Waals surface area contributed by atoms with Gasteiger partial charge in [0.25, 0.3) is 5.91 Å². The van der Waals surface area contributed by atoms with Crippen LogP contribution in [0.1, 0.15) is 35.5 Å². The van der Waals surface area contributed by atoms with Crippen LogP contribution in [-0.4, -0.2) is 26.4 Å². The van der Waals surface area contributed by atoms with Gasteiger partial charge in [-0.1, -0.05) is 49.0 Å². The first-order chi connectivity index (χ1) is 16.6. The number of nitrogens with one attached hydrogen (secondary N) is 1. The number of nitrogens with zero attached hydrogens (tertiary/aromatic N) is 2. The minimum absolute atomic E-state index is 0.0403. The van der Waals surface area contributed by atoms with E-state index in [4.69, 9.17) is 4.74 Å². The van der Waals surface area contributed by atoms with Crippen molar-refractivity contribution in [2.45, 2.75) is 32.9 Å². The smallest absolute Gasteiger partial charge is 0.272 e. The van der Waals surface area contributed by atoms with Gasteiger partial charge in [0.2, 0.25) is 0 Å². The van der Waals surface area contributed by atoms with E-state index in [1.807, 2.05) is 56.4 Å². The van der Waals surface area contributed by atoms with Gasteiger partial charge in [-0.3, -0.25) is 9.48 Å². The van der Waals surface area contributed by atoms with Crippen LogP contribution in [0.4, 0.5) is 0 Å². The molecule has 1 amide bonds. The molecule has 0 unspecified atom stereocenters. The lowest BCUT2D eigenvalue weighted by Crippen LogP contribution is -2.30. The second-order valence-corrected chi connectivity index (χ2v) is 9.88. The molecule has 0 aliphatic heterocycles. The number of hydrogen-bond donors (Lipinski definition) is 2. The molecular formula is C28H29N3O3S. The van der Waals surface area contributed by atoms with E-state index in [2.05, 4.69) is 40.6 Å². The second-order valence-electron chi connectivity index (χ2n) is 8.93. The van der Waals surface area contributed by atoms with Crippen molar-refractivity contribution in [2.75, 3.05) is 0 Å². The zero-order valence-corrected chi connectivity index (χ0v) is 21.1. The van der Waals surface area contributed by atoms with Gasteiger partial charge in [0.05, 0.1) is 5.69 Å². The lowest BCUT2D eigenvalue weighted by molar-refractivity contribution is 0.0945. The first kappa shape index (κ1) is 24.3. The minimum Gasteiger partial charge on any atom is -0.509 e. The Hall–Kier alpha value is -3.84. The fourth-order valence-electron chi connectivity index (χ4n) is 3.64. The van der Waals surface area contributed by atoms with E-state index in [-0.39, 0.29) is 11.7 Å². The molecule has 4 rings (SSSR count). The number of ether oxygens (including phenoxy) is 1. The van der Waals surface area contributed by atoms with Gasteiger partial charge < -0.3 is 15.2 Å². The summed E-state index contributed by atoms with van der Waals surface area (Å²) in [5, 5.41) is 19.1. The molecular weight excluding hydrogens is 458 g/mol. The van der Waals surface area contributed by atoms with Crippen molar-refractivity contribution in [3.63, 3.8) is 0 Å². The molecule has 0 aliphatic rings. The van der Waals surface area contributed by atoms with Gasteiger partial charge in [0.1, 0.15) is 11.5 Å². The van der Waals surface area contributed by atoms with Crippen LogP contribution in [0.15, 0.2) is 78.4 Å². The van der Waals surface area contributed by atoms with E-state index in [0.717, 1.165) is 22.4 Å². The van der Waals surface area contributed by atoms with Crippen LogP contribution < -0.4 is 10.1 Å². The van der Waals surface area contributed by atoms with Crippen LogP contribution in [-0.2, 0) is 13.6 Å². The summed E-state index contributed by atoms with van der Waals surface area (Å²) in [4.78, 5) is 14.0. The first-order valence-corrected chi connectivity index (χ1v) is 12.2. The molecule has 35 heavy (non-hydrogen) atoms. The number of carbonyl (C=O) groups excluding carboxylic acids is 1. The van der Waals surface area contributed by atoms with Crippen molar-refractivity contribution in [3.8, 4) is 27.4 Å². The summed E-state index contributed by atoms with van der Waals surface area (Å²) < 4.78 is 7.61. The molecule has 180 valence electrons. The molecule has 0 saturated heterocycles. The summed E-state index contributed by atoms with van der Waals surface area (Å²) in [6.45, 7) is 9.35. The van der Waals surface area contributed by atoms with Crippen LogP contribution in [0.2, 0.25) is 0 Å². The van der Waals surface area contributed by atoms with Gasteiger partial charge >= 0.3 is 0 Å². The number of aliphatic hydroxyl groups is 1. The third kappa shape index (κ3) is 5.46. The molecule has 0 saturated carbocycles. The van der Waals surface area contributed by atoms with Gasteiger partial charge in [0.15, 0.2) is 11.3 Å². The monoisotopic (exact) mass is 487 g/mol. The molecule has 0 bridgehead atoms. The highest BCUT2D eigenvalue weighted by molar-refractivity contribution is 7.13. The molecule has 2 N–H and O–H groups in total. The normalized spacial score (nSPS) is 11.3. The molecule has 2 aromatic carbocycles. The number of aryl methyl sites for hydroxylation is 2. The third-order valence-electron chi connectivity index (χ3n) is 5.85. The Bertz CT molecular complexity index is 1350. The largest absolute Gasteiger partial charge is 0.509 e. The summed E-state index contributed by atoms with van der Waals surface area (Å²) in [5.41, 5.74) is 4.35. The number of rotatable bonds is 8. The summed E-state index contributed by atoms with van der Waals surface area (Å²) >= 11 is 1.71. The predicted molar refractivity (Wildman–Crippen MR) is 141 cm³/mol. The SMILES string of the molecule is C=C(O)C(C)(C)Oc1ccc(CNC(=O)c2cc(-c3ccc(-c4cccs4)cc3)n(C)n2)cc1C. The Morgan fingerprint density at radius 3 is 2.49 bits per heavy atom. The van der Waals surface area contributed by atoms with Crippen molar-refractivity contribution in [3.05, 3.63) is 95.2 Å². The van der Waals surface area contributed by atoms with Crippen molar-refractivity contribution >= 4 is 17.2 Å². The second kappa shape index (κ2) is 9.80. The lowest BCUT2D eigenvalue weighted by atomic mass is 10.1. The number of hydrogen-bond acceptors (Lipinski definition) is 5. The van der Waals surface area contributed by atoms with Crippen molar-refractivity contribution < 1.29 is 14.6 Å². The fraction of sp³-hybridized carbons (Fsp3) is 0.214. The molecule has 0 radical (unpaired) electrons. The minimum atomic E-state index is -0.887. The maximum Gasteiger partial charge on any atom is 0.272 e. The Morgan fingerprint density at radius 1 is 1.14 bits per heavy atom. The van der Waals surface area contributed by atoms with E-state index in [1.54, 1.807) is 29.9 Å². The van der Waals surface area contributed by atoms with E-state index >= 15 is 0 Å². The fourth-order valence-corrected chi connectivity index (χ4v) is 4.37. The Morgan fingerprint density at radius 2 is 1.86 bits per heavy atom. The van der Waals surface area contributed by atoms with Crippen molar-refractivity contribution in [1.29, 1.82) is 0 Å². The molecule has 0 aliphatic carbocycles. The maximum absolute atomic E-state index is 12.8. The van der Waals surface area contributed by atoms with Crippen LogP contribution in [0, 0.1) is 6.92 Å². The molecule has 2 heterocycles. The van der Waals surface area contributed by atoms with Gasteiger partial charge in [-0.15, -0.1) is 11.3 Å². The summed E-state index contributed by atoms with van der Waals surface area (Å²) in [7, 11) is 1.84. The molecule has 6 nitrogen and oxygen atoms in total. The first-order valence-electron chi connectivity index (χ1n) is 11.3. The zero-order chi connectivity index (χ0) is 25.2. The highest BCUT2D eigenvalue weighted by Gasteiger charge is 2.24. The third-order valence-corrected chi connectivity index (χ3v) is 6.77. The average Bonchev–Trinajstić information content (AvgIpc) is 3.49. The van der Waals surface area contributed by atoms with Crippen LogP contribution >= 0.6 is 11.3 Å². The molecule has 0 spiro atoms. The molecule has 0 atom stereocenters. The lowest BCUT2D eigenvalue weighted by Gasteiger charge is -2.26. The van der Waals surface area contributed by atoms with Crippen LogP contribution in [0.3, 0.4) is 0 Å². The molecule has 2 aromatic heterocycles. The molecule has 0 fully saturated rings. The quantitative estimate of drug-likeness (QED) is 0.287. The number of benzene rings is 2. The standard InChI is InChI=1S/C28H29N3O3S/c1-18-15-20(8-13-25(18)34-28(3,4)19(2)32)17-29-27(33)23-16-24(31(5)30-23)21-9-11-22(12-10-21)26-7-6-14-35-26/h6-16,32H,2,17H2,1,3-5H3,(H,29,33). The summed E-state index contributed by atoms with van der Waals surface area (Å²) in [5.74, 6) is 0.374. The highest BCUT2D eigenvalue weighted by atomic mass is 32.1. The average molecular weight is 488 g/mol. The zero-order valence-electron chi connectivity index (χ0n) is 20.3. The van der Waals surface area contributed by atoms with E-state index in [1.165, 1.54) is 10.4 Å². The summed E-state index contributed by atoms with van der Waals surface area (Å²) in [6, 6.07) is 19.9. The van der Waals surface area contributed by atoms with E-state index < -0.39 is 5.60 Å². The number of aliphatic hydroxyl groups excluding tert-OH is 1. The predicted octanol–water partition coefficient (Wildman–Crippen LogP) is 6.28. The van der Waals surface area contributed by atoms with Gasteiger partial charge in [0, 0.05) is 18.5 Å². The van der Waals surface area contributed by atoms with Gasteiger partial charge in [-0.05, 0) is 66.6 Å². The Kier molecular flexibility index (Phi) is 6.80. The van der Waals surface area contributed by atoms with Crippen LogP contribution in [0.25, 0.3) is 21.7 Å². The number of thiophene rings is 1. The highest BCUT2D eigenvalue weighted by Crippen LogP contribution is 2.29. The van der Waals surface area contributed by atoms with Crippen molar-refractivity contribution in [1.82, 2.24) is 15.1 Å². The number of aromatic nitrogens is 2. The van der Waals surface area contributed by atoms with Gasteiger partial charge in [-0.2, -0.15) is 5.10 Å². The number of amides is 1. The number of carbonyl (C=O) groups is 1. The molecule has 4 aromatic rings. The van der Waals surface area contributed by atoms with Crippen LogP contribution in [0.5, 0.6) is 5.75 Å². The Balaban J connectivity index is 1.42. The van der Waals surface area contributed by atoms with Crippen molar-refractivity contribution in [2.24, 2.45) is 7.05 Å². The van der Waals surface area contributed by atoms with Gasteiger partial charge in [-0.25, -0.2) is 0 Å². The summed E-state index contributed by atoms with van der Waals surface area (Å²) in [6.07, 6.45) is 0. The molecule has 7 heteroatoms.